The van der Waals surface area contributed by atoms with Crippen molar-refractivity contribution in [3.05, 3.63) is 58.1 Å². The maximum atomic E-state index is 11.3. The summed E-state index contributed by atoms with van der Waals surface area (Å²) in [5, 5.41) is 0.554. The molecule has 2 nitrogen and oxygen atoms in total. The van der Waals surface area contributed by atoms with Crippen molar-refractivity contribution in [2.75, 3.05) is 0 Å². The van der Waals surface area contributed by atoms with Gasteiger partial charge in [0.25, 0.3) is 5.91 Å². The molecule has 0 radical (unpaired) electrons. The molecular formula is C13H9Cl2NO. The van der Waals surface area contributed by atoms with Gasteiger partial charge in [-0.1, -0.05) is 59.6 Å². The lowest BCUT2D eigenvalue weighted by Gasteiger charge is -2.09. The molecule has 0 unspecified atom stereocenters. The second-order valence-corrected chi connectivity index (χ2v) is 4.30. The summed E-state index contributed by atoms with van der Waals surface area (Å²) in [6.45, 7) is 0. The molecule has 2 rings (SSSR count). The number of hydrogen-bond acceptors (Lipinski definition) is 1. The number of benzene rings is 2. The zero-order chi connectivity index (χ0) is 12.4. The Morgan fingerprint density at radius 2 is 1.65 bits per heavy atom. The number of rotatable bonds is 2. The molecule has 0 aliphatic carbocycles. The molecule has 1 amide bonds. The molecule has 0 aliphatic rings. The van der Waals surface area contributed by atoms with E-state index in [1.807, 2.05) is 30.3 Å². The van der Waals surface area contributed by atoms with Crippen molar-refractivity contribution in [1.29, 1.82) is 0 Å². The van der Waals surface area contributed by atoms with Gasteiger partial charge in [-0.2, -0.15) is 0 Å². The normalized spacial score (nSPS) is 10.2. The Hall–Kier alpha value is -1.51. The number of carbonyl (C=O) groups excluding carboxylic acids is 1. The summed E-state index contributed by atoms with van der Waals surface area (Å²) in [4.78, 5) is 11.3. The van der Waals surface area contributed by atoms with Gasteiger partial charge in [0.05, 0.1) is 15.6 Å². The standard InChI is InChI=1S/C13H9Cl2NO/c14-10-7-6-9(8-4-2-1-3-5-8)12(15)11(10)13(16)17/h1-7H,(H2,16,17). The minimum atomic E-state index is -0.627. The molecule has 0 saturated heterocycles. The molecule has 4 heteroatoms. The number of hydrogen-bond donors (Lipinski definition) is 1. The second-order valence-electron chi connectivity index (χ2n) is 3.51. The van der Waals surface area contributed by atoms with Gasteiger partial charge in [-0.25, -0.2) is 0 Å². The van der Waals surface area contributed by atoms with E-state index in [1.165, 1.54) is 0 Å². The first kappa shape index (κ1) is 12.0. The Kier molecular flexibility index (Phi) is 3.36. The fraction of sp³-hybridized carbons (Fsp3) is 0. The summed E-state index contributed by atoms with van der Waals surface area (Å²) in [7, 11) is 0. The summed E-state index contributed by atoms with van der Waals surface area (Å²) < 4.78 is 0. The lowest BCUT2D eigenvalue weighted by Crippen LogP contribution is -2.12. The highest BCUT2D eigenvalue weighted by Crippen LogP contribution is 2.34. The van der Waals surface area contributed by atoms with Crippen LogP contribution in [0.15, 0.2) is 42.5 Å². The topological polar surface area (TPSA) is 43.1 Å². The van der Waals surface area contributed by atoms with Crippen LogP contribution in [0.25, 0.3) is 11.1 Å². The molecule has 0 fully saturated rings. The third-order valence-electron chi connectivity index (χ3n) is 2.42. The Bertz CT molecular complexity index is 567. The van der Waals surface area contributed by atoms with Gasteiger partial charge >= 0.3 is 0 Å². The van der Waals surface area contributed by atoms with Crippen LogP contribution < -0.4 is 5.73 Å². The van der Waals surface area contributed by atoms with E-state index >= 15 is 0 Å². The van der Waals surface area contributed by atoms with Crippen LogP contribution in [0.2, 0.25) is 10.0 Å². The fourth-order valence-electron chi connectivity index (χ4n) is 1.62. The Labute approximate surface area is 109 Å². The van der Waals surface area contributed by atoms with Crippen molar-refractivity contribution in [1.82, 2.24) is 0 Å². The quantitative estimate of drug-likeness (QED) is 0.883. The molecule has 86 valence electrons. The first-order valence-electron chi connectivity index (χ1n) is 4.94. The minimum Gasteiger partial charge on any atom is -0.366 e. The van der Waals surface area contributed by atoms with Crippen molar-refractivity contribution in [2.45, 2.75) is 0 Å². The molecule has 2 aromatic rings. The van der Waals surface area contributed by atoms with E-state index in [0.29, 0.717) is 0 Å². The third kappa shape index (κ3) is 2.28. The van der Waals surface area contributed by atoms with E-state index < -0.39 is 5.91 Å². The molecule has 2 N–H and O–H groups in total. The summed E-state index contributed by atoms with van der Waals surface area (Å²) in [6, 6.07) is 12.9. The SMILES string of the molecule is NC(=O)c1c(Cl)ccc(-c2ccccc2)c1Cl. The van der Waals surface area contributed by atoms with Crippen molar-refractivity contribution in [3.63, 3.8) is 0 Å². The van der Waals surface area contributed by atoms with E-state index in [9.17, 15) is 4.79 Å². The van der Waals surface area contributed by atoms with Gasteiger partial charge in [-0.15, -0.1) is 0 Å². The fourth-order valence-corrected chi connectivity index (χ4v) is 2.29. The Balaban J connectivity index is 2.66. The number of carbonyl (C=O) groups is 1. The van der Waals surface area contributed by atoms with Crippen LogP contribution in [-0.4, -0.2) is 5.91 Å². The first-order chi connectivity index (χ1) is 8.11. The first-order valence-corrected chi connectivity index (χ1v) is 5.70. The predicted octanol–water partition coefficient (Wildman–Crippen LogP) is 3.76. The van der Waals surface area contributed by atoms with Crippen LogP contribution in [0, 0.1) is 0 Å². The average Bonchev–Trinajstić information content (AvgIpc) is 2.30. The van der Waals surface area contributed by atoms with Crippen molar-refractivity contribution in [3.8, 4) is 11.1 Å². The highest BCUT2D eigenvalue weighted by atomic mass is 35.5. The molecule has 0 aliphatic heterocycles. The maximum absolute atomic E-state index is 11.3. The van der Waals surface area contributed by atoms with Gasteiger partial charge in [0.15, 0.2) is 0 Å². The smallest absolute Gasteiger partial charge is 0.251 e. The van der Waals surface area contributed by atoms with Crippen molar-refractivity contribution in [2.24, 2.45) is 5.73 Å². The van der Waals surface area contributed by atoms with Gasteiger partial charge in [0, 0.05) is 5.56 Å². The van der Waals surface area contributed by atoms with Gasteiger partial charge in [0.1, 0.15) is 0 Å². The van der Waals surface area contributed by atoms with Crippen LogP contribution >= 0.6 is 23.2 Å². The van der Waals surface area contributed by atoms with Crippen LogP contribution in [0.4, 0.5) is 0 Å². The summed E-state index contributed by atoms with van der Waals surface area (Å²) in [5.74, 6) is -0.627. The zero-order valence-electron chi connectivity index (χ0n) is 8.78. The van der Waals surface area contributed by atoms with Gasteiger partial charge < -0.3 is 5.73 Å². The number of halogens is 2. The molecule has 0 bridgehead atoms. The average molecular weight is 266 g/mol. The molecular weight excluding hydrogens is 257 g/mol. The Morgan fingerprint density at radius 3 is 2.24 bits per heavy atom. The highest BCUT2D eigenvalue weighted by Gasteiger charge is 2.15. The maximum Gasteiger partial charge on any atom is 0.251 e. The summed E-state index contributed by atoms with van der Waals surface area (Å²) in [6.07, 6.45) is 0. The number of nitrogens with two attached hydrogens (primary N) is 1. The van der Waals surface area contributed by atoms with E-state index in [2.05, 4.69) is 0 Å². The highest BCUT2D eigenvalue weighted by molar-refractivity contribution is 6.41. The summed E-state index contributed by atoms with van der Waals surface area (Å²) in [5.41, 5.74) is 7.07. The van der Waals surface area contributed by atoms with Crippen LogP contribution in [0.5, 0.6) is 0 Å². The van der Waals surface area contributed by atoms with Crippen LogP contribution in [-0.2, 0) is 0 Å². The van der Waals surface area contributed by atoms with Crippen molar-refractivity contribution >= 4 is 29.1 Å². The molecule has 2 aromatic carbocycles. The summed E-state index contributed by atoms with van der Waals surface area (Å²) >= 11 is 12.1. The largest absolute Gasteiger partial charge is 0.366 e. The number of amides is 1. The minimum absolute atomic E-state index is 0.162. The van der Waals surface area contributed by atoms with Gasteiger partial charge in [-0.3, -0.25) is 4.79 Å². The zero-order valence-corrected chi connectivity index (χ0v) is 10.3. The van der Waals surface area contributed by atoms with Gasteiger partial charge in [0.2, 0.25) is 0 Å². The molecule has 0 saturated carbocycles. The lowest BCUT2D eigenvalue weighted by molar-refractivity contribution is 0.100. The molecule has 17 heavy (non-hydrogen) atoms. The van der Waals surface area contributed by atoms with Crippen LogP contribution in [0.1, 0.15) is 10.4 Å². The van der Waals surface area contributed by atoms with E-state index in [1.54, 1.807) is 12.1 Å². The molecule has 0 spiro atoms. The van der Waals surface area contributed by atoms with Crippen LogP contribution in [0.3, 0.4) is 0 Å². The lowest BCUT2D eigenvalue weighted by atomic mass is 10.0. The van der Waals surface area contributed by atoms with E-state index in [4.69, 9.17) is 28.9 Å². The van der Waals surface area contributed by atoms with E-state index in [-0.39, 0.29) is 15.6 Å². The molecule has 0 heterocycles. The monoisotopic (exact) mass is 265 g/mol. The predicted molar refractivity (Wildman–Crippen MR) is 70.4 cm³/mol. The van der Waals surface area contributed by atoms with Crippen molar-refractivity contribution < 1.29 is 4.79 Å². The van der Waals surface area contributed by atoms with E-state index in [0.717, 1.165) is 11.1 Å². The number of primary amides is 1. The Morgan fingerprint density at radius 1 is 1.00 bits per heavy atom. The third-order valence-corrected chi connectivity index (χ3v) is 3.13. The molecule has 0 aromatic heterocycles. The second kappa shape index (κ2) is 4.78. The molecule has 0 atom stereocenters. The van der Waals surface area contributed by atoms with Gasteiger partial charge in [-0.05, 0) is 11.6 Å².